The lowest BCUT2D eigenvalue weighted by atomic mass is 10.2. The summed E-state index contributed by atoms with van der Waals surface area (Å²) in [6, 6.07) is 15.1. The first-order valence-corrected chi connectivity index (χ1v) is 8.26. The van der Waals surface area contributed by atoms with Crippen LogP contribution in [0.25, 0.3) is 0 Å². The van der Waals surface area contributed by atoms with Gasteiger partial charge in [-0.05, 0) is 30.7 Å². The number of carbonyl (C=O) groups is 1. The van der Waals surface area contributed by atoms with Crippen LogP contribution in [0.1, 0.15) is 17.5 Å². The van der Waals surface area contributed by atoms with E-state index in [0.717, 1.165) is 16.9 Å². The van der Waals surface area contributed by atoms with Crippen LogP contribution in [0.3, 0.4) is 0 Å². The first kappa shape index (κ1) is 19.1. The molecule has 0 aliphatic carbocycles. The third kappa shape index (κ3) is 5.71. The summed E-state index contributed by atoms with van der Waals surface area (Å²) >= 11 is 0. The second-order valence-electron chi connectivity index (χ2n) is 5.57. The van der Waals surface area contributed by atoms with E-state index in [-0.39, 0.29) is 18.9 Å². The van der Waals surface area contributed by atoms with Crippen LogP contribution in [0.5, 0.6) is 17.2 Å². The quantitative estimate of drug-likeness (QED) is 0.700. The van der Waals surface area contributed by atoms with Gasteiger partial charge in [0.05, 0.1) is 13.2 Å². The third-order valence-corrected chi connectivity index (χ3v) is 3.58. The molecule has 2 aromatic rings. The minimum atomic E-state index is -0.330. The lowest BCUT2D eigenvalue weighted by molar-refractivity contribution is -0.120. The molecule has 136 valence electrons. The number of ether oxygens (including phenoxy) is 3. The second kappa shape index (κ2) is 9.94. The zero-order valence-corrected chi connectivity index (χ0v) is 15.0. The van der Waals surface area contributed by atoms with Crippen molar-refractivity contribution in [2.24, 2.45) is 0 Å². The molecular formula is C20H22N2O4. The van der Waals surface area contributed by atoms with E-state index in [2.05, 4.69) is 5.32 Å². The molecule has 0 heterocycles. The van der Waals surface area contributed by atoms with Crippen LogP contribution in [0.15, 0.2) is 42.5 Å². The Balaban J connectivity index is 1.95. The van der Waals surface area contributed by atoms with Gasteiger partial charge in [0.15, 0.2) is 11.5 Å². The molecule has 0 aromatic heterocycles. The highest BCUT2D eigenvalue weighted by molar-refractivity contribution is 5.78. The number of methoxy groups -OCH3 is 1. The molecule has 0 saturated heterocycles. The maximum absolute atomic E-state index is 11.5. The van der Waals surface area contributed by atoms with Crippen molar-refractivity contribution in [3.63, 3.8) is 0 Å². The number of hydrogen-bond donors (Lipinski definition) is 1. The minimum absolute atomic E-state index is 0.176. The van der Waals surface area contributed by atoms with Crippen LogP contribution in [-0.4, -0.2) is 26.2 Å². The van der Waals surface area contributed by atoms with E-state index in [4.69, 9.17) is 19.5 Å². The molecule has 0 spiro atoms. The molecule has 0 radical (unpaired) electrons. The maximum atomic E-state index is 11.5. The minimum Gasteiger partial charge on any atom is -0.493 e. The number of benzene rings is 2. The third-order valence-electron chi connectivity index (χ3n) is 3.58. The van der Waals surface area contributed by atoms with E-state index in [9.17, 15) is 4.79 Å². The molecule has 0 fully saturated rings. The molecule has 0 aliphatic heterocycles. The van der Waals surface area contributed by atoms with Crippen molar-refractivity contribution in [3.8, 4) is 23.3 Å². The molecule has 6 nitrogen and oxygen atoms in total. The summed E-state index contributed by atoms with van der Waals surface area (Å²) in [7, 11) is 1.56. The smallest absolute Gasteiger partial charge is 0.234 e. The van der Waals surface area contributed by atoms with Crippen LogP contribution in [0.4, 0.5) is 0 Å². The molecule has 0 unspecified atom stereocenters. The molecular weight excluding hydrogens is 332 g/mol. The molecule has 2 rings (SSSR count). The van der Waals surface area contributed by atoms with Crippen molar-refractivity contribution in [2.45, 2.75) is 19.9 Å². The maximum Gasteiger partial charge on any atom is 0.234 e. The van der Waals surface area contributed by atoms with E-state index < -0.39 is 0 Å². The van der Waals surface area contributed by atoms with Gasteiger partial charge in [0, 0.05) is 12.1 Å². The predicted octanol–water partition coefficient (Wildman–Crippen LogP) is 2.99. The van der Waals surface area contributed by atoms with E-state index >= 15 is 0 Å². The number of carbonyl (C=O) groups excluding carboxylic acids is 1. The summed E-state index contributed by atoms with van der Waals surface area (Å²) in [5.41, 5.74) is 1.90. The van der Waals surface area contributed by atoms with Gasteiger partial charge in [-0.25, -0.2) is 0 Å². The number of aryl methyl sites for hydroxylation is 1. The standard InChI is InChI=1S/C20H22N2O4/c1-15-5-3-7-17(13-15)25-11-12-26-20-16(6-4-8-18(20)24-2)14-22-19(23)9-10-21/h3-8,13H,9,11-12,14H2,1-2H3,(H,22,23). The summed E-state index contributed by atoms with van der Waals surface area (Å²) < 4.78 is 16.9. The fourth-order valence-corrected chi connectivity index (χ4v) is 2.36. The average molecular weight is 354 g/mol. The van der Waals surface area contributed by atoms with Crippen LogP contribution < -0.4 is 19.5 Å². The largest absolute Gasteiger partial charge is 0.493 e. The number of amides is 1. The van der Waals surface area contributed by atoms with E-state index in [1.165, 1.54) is 0 Å². The van der Waals surface area contributed by atoms with Crippen molar-refractivity contribution < 1.29 is 19.0 Å². The van der Waals surface area contributed by atoms with Crippen molar-refractivity contribution in [1.82, 2.24) is 5.32 Å². The van der Waals surface area contributed by atoms with Gasteiger partial charge in [-0.2, -0.15) is 5.26 Å². The number of nitrogens with zero attached hydrogens (tertiary/aromatic N) is 1. The Morgan fingerprint density at radius 3 is 2.65 bits per heavy atom. The molecule has 1 amide bonds. The topological polar surface area (TPSA) is 80.6 Å². The first-order valence-electron chi connectivity index (χ1n) is 8.26. The lowest BCUT2D eigenvalue weighted by Gasteiger charge is -2.16. The van der Waals surface area contributed by atoms with Gasteiger partial charge in [0.2, 0.25) is 5.91 Å². The van der Waals surface area contributed by atoms with Gasteiger partial charge >= 0.3 is 0 Å². The van der Waals surface area contributed by atoms with Gasteiger partial charge in [0.1, 0.15) is 25.4 Å². The van der Waals surface area contributed by atoms with Gasteiger partial charge in [-0.15, -0.1) is 0 Å². The predicted molar refractivity (Wildman–Crippen MR) is 97.2 cm³/mol. The molecule has 6 heteroatoms. The van der Waals surface area contributed by atoms with Crippen molar-refractivity contribution in [3.05, 3.63) is 53.6 Å². The number of nitrogens with one attached hydrogen (secondary N) is 1. The van der Waals surface area contributed by atoms with Gasteiger partial charge in [0.25, 0.3) is 0 Å². The Bertz CT molecular complexity index is 784. The van der Waals surface area contributed by atoms with Crippen LogP contribution >= 0.6 is 0 Å². The van der Waals surface area contributed by atoms with Gasteiger partial charge in [-0.1, -0.05) is 24.3 Å². The Morgan fingerprint density at radius 1 is 1.15 bits per heavy atom. The van der Waals surface area contributed by atoms with Crippen LogP contribution in [0, 0.1) is 18.3 Å². The van der Waals surface area contributed by atoms with Crippen molar-refractivity contribution >= 4 is 5.91 Å². The summed E-state index contributed by atoms with van der Waals surface area (Å²) in [5, 5.41) is 11.2. The zero-order valence-electron chi connectivity index (χ0n) is 15.0. The number of nitriles is 1. The Morgan fingerprint density at radius 2 is 1.92 bits per heavy atom. The molecule has 26 heavy (non-hydrogen) atoms. The first-order chi connectivity index (χ1) is 12.6. The van der Waals surface area contributed by atoms with Gasteiger partial charge < -0.3 is 19.5 Å². The molecule has 2 aromatic carbocycles. The zero-order chi connectivity index (χ0) is 18.8. The summed E-state index contributed by atoms with van der Waals surface area (Å²) in [6.45, 7) is 2.96. The fraction of sp³-hybridized carbons (Fsp3) is 0.300. The van der Waals surface area contributed by atoms with E-state index in [1.54, 1.807) is 13.2 Å². The molecule has 0 saturated carbocycles. The Labute approximate surface area is 153 Å². The van der Waals surface area contributed by atoms with Gasteiger partial charge in [-0.3, -0.25) is 4.79 Å². The lowest BCUT2D eigenvalue weighted by Crippen LogP contribution is -2.22. The molecule has 0 atom stereocenters. The highest BCUT2D eigenvalue weighted by Crippen LogP contribution is 2.31. The van der Waals surface area contributed by atoms with E-state index in [0.29, 0.717) is 24.7 Å². The molecule has 0 bridgehead atoms. The number of rotatable bonds is 9. The summed E-state index contributed by atoms with van der Waals surface area (Å²) in [6.07, 6.45) is -0.176. The van der Waals surface area contributed by atoms with Crippen molar-refractivity contribution in [2.75, 3.05) is 20.3 Å². The van der Waals surface area contributed by atoms with Crippen LogP contribution in [-0.2, 0) is 11.3 Å². The Hall–Kier alpha value is -3.20. The fourth-order valence-electron chi connectivity index (χ4n) is 2.36. The molecule has 0 aliphatic rings. The van der Waals surface area contributed by atoms with E-state index in [1.807, 2.05) is 49.4 Å². The SMILES string of the molecule is COc1cccc(CNC(=O)CC#N)c1OCCOc1cccc(C)c1. The monoisotopic (exact) mass is 354 g/mol. The number of hydrogen-bond acceptors (Lipinski definition) is 5. The van der Waals surface area contributed by atoms with Crippen molar-refractivity contribution in [1.29, 1.82) is 5.26 Å². The summed E-state index contributed by atoms with van der Waals surface area (Å²) in [5.74, 6) is 1.59. The highest BCUT2D eigenvalue weighted by Gasteiger charge is 2.12. The average Bonchev–Trinajstić information content (AvgIpc) is 2.64. The van der Waals surface area contributed by atoms with Crippen LogP contribution in [0.2, 0.25) is 0 Å². The summed E-state index contributed by atoms with van der Waals surface area (Å²) in [4.78, 5) is 11.5. The second-order valence-corrected chi connectivity index (χ2v) is 5.57. The Kier molecular flexibility index (Phi) is 7.31. The normalized spacial score (nSPS) is 9.88. The number of para-hydroxylation sites is 1. The highest BCUT2D eigenvalue weighted by atomic mass is 16.5. The molecule has 1 N–H and O–H groups in total.